The van der Waals surface area contributed by atoms with E-state index in [0.29, 0.717) is 28.1 Å². The van der Waals surface area contributed by atoms with Crippen LogP contribution in [0.15, 0.2) is 81.3 Å². The van der Waals surface area contributed by atoms with Crippen LogP contribution in [0.3, 0.4) is 0 Å². The molecule has 0 spiro atoms. The van der Waals surface area contributed by atoms with Gasteiger partial charge in [0.2, 0.25) is 5.88 Å². The Hall–Kier alpha value is -5.05. The molecule has 0 bridgehead atoms. The van der Waals surface area contributed by atoms with E-state index < -0.39 is 17.1 Å². The molecule has 9 heteroatoms. The Labute approximate surface area is 211 Å². The van der Waals surface area contributed by atoms with Crippen molar-refractivity contribution in [3.8, 4) is 11.6 Å². The van der Waals surface area contributed by atoms with E-state index >= 15 is 0 Å². The van der Waals surface area contributed by atoms with Crippen molar-refractivity contribution < 1.29 is 14.7 Å². The molecule has 4 aromatic rings. The fourth-order valence-electron chi connectivity index (χ4n) is 4.26. The summed E-state index contributed by atoms with van der Waals surface area (Å²) in [4.78, 5) is 58.2. The van der Waals surface area contributed by atoms with Gasteiger partial charge in [0, 0.05) is 6.21 Å². The first-order valence-electron chi connectivity index (χ1n) is 11.5. The molecule has 0 atom stereocenters. The molecule has 0 aliphatic carbocycles. The Kier molecular flexibility index (Phi) is 5.88. The van der Waals surface area contributed by atoms with Gasteiger partial charge in [-0.3, -0.25) is 29.3 Å². The molecule has 0 fully saturated rings. The summed E-state index contributed by atoms with van der Waals surface area (Å²) >= 11 is 0. The minimum Gasteiger partial charge on any atom is -0.493 e. The molecule has 9 nitrogen and oxygen atoms in total. The third-order valence-electron chi connectivity index (χ3n) is 6.26. The quantitative estimate of drug-likeness (QED) is 0.325. The predicted molar refractivity (Wildman–Crippen MR) is 138 cm³/mol. The lowest BCUT2D eigenvalue weighted by Gasteiger charge is -2.16. The number of carbonyl (C=O) groups excluding carboxylic acids is 2. The summed E-state index contributed by atoms with van der Waals surface area (Å²) in [7, 11) is 0. The van der Waals surface area contributed by atoms with E-state index in [1.54, 1.807) is 60.7 Å². The number of aryl methyl sites for hydroxylation is 2. The van der Waals surface area contributed by atoms with Gasteiger partial charge in [0.25, 0.3) is 17.4 Å². The van der Waals surface area contributed by atoms with Crippen LogP contribution in [0.4, 0.5) is 5.69 Å². The predicted octanol–water partition coefficient (Wildman–Crippen LogP) is 3.40. The number of aromatic nitrogens is 2. The SMILES string of the molecule is Cc1cccc(-n2c(O)c(C=Nc3ccc(C)c(CN4C(=O)c5ccccc5C4=O)c3)c(=O)[nH]c2=O)c1. The standard InChI is InChI=1S/C28H22N4O5/c1-16-6-5-7-20(12-16)32-27(36)23(24(33)30-28(32)37)14-29-19-11-10-17(2)18(13-19)15-31-25(34)21-8-3-4-9-22(21)26(31)35/h3-14,36H,15H2,1-2H3,(H,30,33,37). The van der Waals surface area contributed by atoms with Gasteiger partial charge >= 0.3 is 5.69 Å². The second kappa shape index (κ2) is 9.19. The van der Waals surface area contributed by atoms with E-state index in [2.05, 4.69) is 9.98 Å². The van der Waals surface area contributed by atoms with Crippen molar-refractivity contribution >= 4 is 23.7 Å². The number of H-pyrrole nitrogens is 1. The largest absolute Gasteiger partial charge is 0.493 e. The normalized spacial score (nSPS) is 13.0. The summed E-state index contributed by atoms with van der Waals surface area (Å²) in [6.45, 7) is 3.76. The van der Waals surface area contributed by atoms with Crippen LogP contribution in [0, 0.1) is 13.8 Å². The second-order valence-corrected chi connectivity index (χ2v) is 8.78. The van der Waals surface area contributed by atoms with E-state index in [0.717, 1.165) is 15.7 Å². The highest BCUT2D eigenvalue weighted by Crippen LogP contribution is 2.27. The summed E-state index contributed by atoms with van der Waals surface area (Å²) in [5.41, 5.74) is 2.25. The molecule has 1 aliphatic heterocycles. The van der Waals surface area contributed by atoms with E-state index in [4.69, 9.17) is 0 Å². The van der Waals surface area contributed by atoms with Gasteiger partial charge in [0.15, 0.2) is 0 Å². The number of nitrogens with one attached hydrogen (secondary N) is 1. The summed E-state index contributed by atoms with van der Waals surface area (Å²) in [6, 6.07) is 18.8. The van der Waals surface area contributed by atoms with Crippen LogP contribution in [0.1, 0.15) is 43.0 Å². The molecule has 0 unspecified atom stereocenters. The van der Waals surface area contributed by atoms with E-state index in [1.165, 1.54) is 11.1 Å². The van der Waals surface area contributed by atoms with Crippen molar-refractivity contribution in [2.75, 3.05) is 0 Å². The smallest absolute Gasteiger partial charge is 0.335 e. The van der Waals surface area contributed by atoms with E-state index in [9.17, 15) is 24.3 Å². The summed E-state index contributed by atoms with van der Waals surface area (Å²) in [5, 5.41) is 10.8. The van der Waals surface area contributed by atoms with Crippen LogP contribution in [0.5, 0.6) is 5.88 Å². The summed E-state index contributed by atoms with van der Waals surface area (Å²) in [5.74, 6) is -1.26. The van der Waals surface area contributed by atoms with Crippen molar-refractivity contribution in [3.05, 3.63) is 121 Å². The number of amides is 2. The maximum atomic E-state index is 12.8. The zero-order valence-electron chi connectivity index (χ0n) is 20.1. The van der Waals surface area contributed by atoms with Crippen molar-refractivity contribution in [1.29, 1.82) is 0 Å². The van der Waals surface area contributed by atoms with Crippen LogP contribution in [0.2, 0.25) is 0 Å². The van der Waals surface area contributed by atoms with Gasteiger partial charge in [0.05, 0.1) is 29.0 Å². The molecule has 184 valence electrons. The number of fused-ring (bicyclic) bond motifs is 1. The topological polar surface area (TPSA) is 125 Å². The number of nitrogens with zero attached hydrogens (tertiary/aromatic N) is 3. The highest BCUT2D eigenvalue weighted by molar-refractivity contribution is 6.21. The number of aromatic hydroxyl groups is 1. The van der Waals surface area contributed by atoms with Crippen molar-refractivity contribution in [2.45, 2.75) is 20.4 Å². The zero-order valence-corrected chi connectivity index (χ0v) is 20.1. The van der Waals surface area contributed by atoms with Crippen LogP contribution in [-0.2, 0) is 6.54 Å². The zero-order chi connectivity index (χ0) is 26.3. The minimum absolute atomic E-state index is 0.0611. The molecule has 2 amide bonds. The number of imide groups is 1. The van der Waals surface area contributed by atoms with Gasteiger partial charge in [0.1, 0.15) is 5.56 Å². The summed E-state index contributed by atoms with van der Waals surface area (Å²) < 4.78 is 0.999. The maximum Gasteiger partial charge on any atom is 0.335 e. The average molecular weight is 495 g/mol. The Bertz CT molecular complexity index is 1700. The van der Waals surface area contributed by atoms with Crippen molar-refractivity contribution in [3.63, 3.8) is 0 Å². The molecular formula is C28H22N4O5. The molecule has 2 N–H and O–H groups in total. The molecule has 2 heterocycles. The Balaban J connectivity index is 1.47. The Morgan fingerprint density at radius 1 is 0.892 bits per heavy atom. The van der Waals surface area contributed by atoms with Crippen LogP contribution in [0.25, 0.3) is 5.69 Å². The number of aromatic amines is 1. The van der Waals surface area contributed by atoms with Crippen LogP contribution in [-0.4, -0.2) is 37.6 Å². The third-order valence-corrected chi connectivity index (χ3v) is 6.26. The highest BCUT2D eigenvalue weighted by Gasteiger charge is 2.35. The first-order valence-corrected chi connectivity index (χ1v) is 11.5. The van der Waals surface area contributed by atoms with Gasteiger partial charge in [-0.25, -0.2) is 9.36 Å². The fraction of sp³-hybridized carbons (Fsp3) is 0.107. The Morgan fingerprint density at radius 2 is 1.59 bits per heavy atom. The second-order valence-electron chi connectivity index (χ2n) is 8.78. The number of hydrogen-bond donors (Lipinski definition) is 2. The van der Waals surface area contributed by atoms with Gasteiger partial charge in [-0.1, -0.05) is 30.3 Å². The monoisotopic (exact) mass is 494 g/mol. The number of benzene rings is 3. The number of rotatable bonds is 5. The van der Waals surface area contributed by atoms with Gasteiger partial charge in [-0.05, 0) is 66.9 Å². The first-order chi connectivity index (χ1) is 17.7. The van der Waals surface area contributed by atoms with Crippen molar-refractivity contribution in [1.82, 2.24) is 14.5 Å². The molecule has 0 saturated carbocycles. The third kappa shape index (κ3) is 4.27. The maximum absolute atomic E-state index is 12.8. The van der Waals surface area contributed by atoms with E-state index in [1.807, 2.05) is 19.9 Å². The molecule has 0 radical (unpaired) electrons. The molecule has 5 rings (SSSR count). The lowest BCUT2D eigenvalue weighted by molar-refractivity contribution is 0.0642. The van der Waals surface area contributed by atoms with Gasteiger partial charge in [-0.2, -0.15) is 0 Å². The highest BCUT2D eigenvalue weighted by atomic mass is 16.3. The van der Waals surface area contributed by atoms with Crippen LogP contribution < -0.4 is 11.2 Å². The van der Waals surface area contributed by atoms with Crippen molar-refractivity contribution in [2.24, 2.45) is 4.99 Å². The Morgan fingerprint density at radius 3 is 2.27 bits per heavy atom. The lowest BCUT2D eigenvalue weighted by atomic mass is 10.1. The average Bonchev–Trinajstić information content (AvgIpc) is 3.10. The van der Waals surface area contributed by atoms with Gasteiger partial charge < -0.3 is 5.11 Å². The molecule has 37 heavy (non-hydrogen) atoms. The molecule has 0 saturated heterocycles. The molecule has 3 aromatic carbocycles. The summed E-state index contributed by atoms with van der Waals surface area (Å²) in [6.07, 6.45) is 1.18. The molecular weight excluding hydrogens is 472 g/mol. The lowest BCUT2D eigenvalue weighted by Crippen LogP contribution is -2.31. The number of hydrogen-bond acceptors (Lipinski definition) is 6. The van der Waals surface area contributed by atoms with Crippen LogP contribution >= 0.6 is 0 Å². The number of aliphatic imine (C=N–C) groups is 1. The first kappa shape index (κ1) is 23.7. The molecule has 1 aromatic heterocycles. The molecule has 1 aliphatic rings. The minimum atomic E-state index is -0.784. The van der Waals surface area contributed by atoms with Gasteiger partial charge in [-0.15, -0.1) is 0 Å². The van der Waals surface area contributed by atoms with E-state index in [-0.39, 0.29) is 23.9 Å². The fourth-order valence-corrected chi connectivity index (χ4v) is 4.26. The number of carbonyl (C=O) groups is 2.